The summed E-state index contributed by atoms with van der Waals surface area (Å²) in [7, 11) is 0. The molecule has 0 radical (unpaired) electrons. The first-order valence-corrected chi connectivity index (χ1v) is 8.20. The van der Waals surface area contributed by atoms with E-state index < -0.39 is 11.7 Å². The highest BCUT2D eigenvalue weighted by Gasteiger charge is 2.31. The maximum Gasteiger partial charge on any atom is 0.416 e. The van der Waals surface area contributed by atoms with Gasteiger partial charge in [-0.2, -0.15) is 13.2 Å². The summed E-state index contributed by atoms with van der Waals surface area (Å²) in [6, 6.07) is 5.39. The quantitative estimate of drug-likeness (QED) is 0.717. The van der Waals surface area contributed by atoms with Gasteiger partial charge in [0, 0.05) is 11.8 Å². The van der Waals surface area contributed by atoms with Crippen molar-refractivity contribution in [2.45, 2.75) is 31.7 Å². The summed E-state index contributed by atoms with van der Waals surface area (Å²) in [6.07, 6.45) is 2.03. The molecule has 0 N–H and O–H groups in total. The molecule has 0 spiro atoms. The molecule has 0 bridgehead atoms. The van der Waals surface area contributed by atoms with E-state index >= 15 is 0 Å². The maximum atomic E-state index is 12.6. The summed E-state index contributed by atoms with van der Waals surface area (Å²) in [5.41, 5.74) is 1.35. The lowest BCUT2D eigenvalue weighted by atomic mass is 9.85. The molecule has 1 unspecified atom stereocenters. The first-order chi connectivity index (χ1) is 11.5. The lowest BCUT2D eigenvalue weighted by Gasteiger charge is -2.34. The van der Waals surface area contributed by atoms with Gasteiger partial charge in [0.05, 0.1) is 18.8 Å². The number of alkyl halides is 3. The van der Waals surface area contributed by atoms with Gasteiger partial charge in [-0.1, -0.05) is 24.3 Å². The number of benzene rings is 1. The van der Waals surface area contributed by atoms with Gasteiger partial charge in [0.15, 0.2) is 6.29 Å². The molecule has 1 aliphatic heterocycles. The van der Waals surface area contributed by atoms with Crippen LogP contribution in [0, 0.1) is 11.8 Å². The van der Waals surface area contributed by atoms with E-state index in [1.54, 1.807) is 12.1 Å². The average Bonchev–Trinajstić information content (AvgIpc) is 2.61. The van der Waals surface area contributed by atoms with Crippen LogP contribution in [0.4, 0.5) is 13.2 Å². The molecule has 1 aromatic rings. The minimum Gasteiger partial charge on any atom is -0.352 e. The van der Waals surface area contributed by atoms with Gasteiger partial charge in [-0.15, -0.1) is 6.58 Å². The first-order valence-electron chi connectivity index (χ1n) is 8.20. The number of hydrogen-bond acceptors (Lipinski definition) is 2. The van der Waals surface area contributed by atoms with E-state index in [4.69, 9.17) is 9.47 Å². The number of allylic oxidation sites excluding steroid dienone is 2. The molecule has 1 saturated heterocycles. The fourth-order valence-electron chi connectivity index (χ4n) is 3.18. The smallest absolute Gasteiger partial charge is 0.352 e. The zero-order chi connectivity index (χ0) is 17.2. The van der Waals surface area contributed by atoms with Gasteiger partial charge < -0.3 is 9.47 Å². The lowest BCUT2D eigenvalue weighted by molar-refractivity contribution is -0.218. The van der Waals surface area contributed by atoms with Crippen molar-refractivity contribution in [3.63, 3.8) is 0 Å². The minimum atomic E-state index is -4.29. The molecule has 1 fully saturated rings. The summed E-state index contributed by atoms with van der Waals surface area (Å²) in [5.74, 6) is 0.553. The van der Waals surface area contributed by atoms with Gasteiger partial charge in [-0.25, -0.2) is 0 Å². The zero-order valence-electron chi connectivity index (χ0n) is 13.4. The van der Waals surface area contributed by atoms with Crippen LogP contribution in [0.15, 0.2) is 43.0 Å². The predicted octanol–water partition coefficient (Wildman–Crippen LogP) is 5.06. The summed E-state index contributed by atoms with van der Waals surface area (Å²) >= 11 is 0. The molecule has 0 saturated carbocycles. The monoisotopic (exact) mass is 338 g/mol. The summed E-state index contributed by atoms with van der Waals surface area (Å²) in [6.45, 7) is 5.02. The van der Waals surface area contributed by atoms with Crippen LogP contribution in [-0.2, 0) is 15.7 Å². The fourth-order valence-corrected chi connectivity index (χ4v) is 3.18. The number of ether oxygens (including phenoxy) is 2. The van der Waals surface area contributed by atoms with Gasteiger partial charge >= 0.3 is 6.18 Å². The molecule has 0 aromatic heterocycles. The zero-order valence-corrected chi connectivity index (χ0v) is 13.4. The van der Waals surface area contributed by atoms with E-state index in [-0.39, 0.29) is 12.2 Å². The van der Waals surface area contributed by atoms with E-state index in [2.05, 4.69) is 12.7 Å². The first kappa shape index (κ1) is 17.2. The Kier molecular flexibility index (Phi) is 5.11. The second kappa shape index (κ2) is 7.11. The van der Waals surface area contributed by atoms with Gasteiger partial charge in [0.1, 0.15) is 0 Å². The van der Waals surface area contributed by atoms with Crippen LogP contribution in [0.25, 0.3) is 5.57 Å². The molecule has 1 heterocycles. The standard InChI is InChI=1S/C19H21F3O2/c1-2-13-11-23-18(24-12-13)16-5-3-14(4-6-16)15-7-9-17(10-8-15)19(20,21)22/h2-3,7-10,13,16,18H,1,4-6,11-12H2. The van der Waals surface area contributed by atoms with Gasteiger partial charge in [-0.3, -0.25) is 0 Å². The van der Waals surface area contributed by atoms with Crippen LogP contribution in [0.3, 0.4) is 0 Å². The molecule has 1 atom stereocenters. The molecule has 24 heavy (non-hydrogen) atoms. The van der Waals surface area contributed by atoms with Crippen molar-refractivity contribution >= 4 is 5.57 Å². The van der Waals surface area contributed by atoms with Crippen molar-refractivity contribution in [3.8, 4) is 0 Å². The van der Waals surface area contributed by atoms with E-state index in [0.717, 1.165) is 42.5 Å². The third-order valence-electron chi connectivity index (χ3n) is 4.70. The van der Waals surface area contributed by atoms with Crippen LogP contribution in [0.1, 0.15) is 30.4 Å². The molecular weight excluding hydrogens is 317 g/mol. The predicted molar refractivity (Wildman–Crippen MR) is 86.1 cm³/mol. The number of hydrogen-bond donors (Lipinski definition) is 0. The third kappa shape index (κ3) is 3.90. The highest BCUT2D eigenvalue weighted by Crippen LogP contribution is 2.36. The lowest BCUT2D eigenvalue weighted by Crippen LogP contribution is -2.36. The SMILES string of the molecule is C=CC1COC(C2CC=C(c3ccc(C(F)(F)F)cc3)CC2)OC1. The Bertz CT molecular complexity index is 596. The van der Waals surface area contributed by atoms with Gasteiger partial charge in [0.2, 0.25) is 0 Å². The maximum absolute atomic E-state index is 12.6. The normalized spacial score (nSPS) is 28.3. The van der Waals surface area contributed by atoms with E-state index in [0.29, 0.717) is 19.1 Å². The summed E-state index contributed by atoms with van der Waals surface area (Å²) < 4.78 is 49.4. The van der Waals surface area contributed by atoms with Crippen LogP contribution >= 0.6 is 0 Å². The molecule has 130 valence electrons. The van der Waals surface area contributed by atoms with Crippen molar-refractivity contribution < 1.29 is 22.6 Å². The van der Waals surface area contributed by atoms with Crippen molar-refractivity contribution in [3.05, 3.63) is 54.1 Å². The molecule has 1 aliphatic carbocycles. The Balaban J connectivity index is 1.60. The molecule has 2 nitrogen and oxygen atoms in total. The topological polar surface area (TPSA) is 18.5 Å². The largest absolute Gasteiger partial charge is 0.416 e. The van der Waals surface area contributed by atoms with E-state index in [1.807, 2.05) is 6.08 Å². The third-order valence-corrected chi connectivity index (χ3v) is 4.70. The van der Waals surface area contributed by atoms with Crippen molar-refractivity contribution in [1.29, 1.82) is 0 Å². The van der Waals surface area contributed by atoms with Crippen LogP contribution in [-0.4, -0.2) is 19.5 Å². The van der Waals surface area contributed by atoms with Crippen molar-refractivity contribution in [2.24, 2.45) is 11.8 Å². The highest BCUT2D eigenvalue weighted by molar-refractivity contribution is 5.66. The Morgan fingerprint density at radius 1 is 1.08 bits per heavy atom. The van der Waals surface area contributed by atoms with Crippen LogP contribution in [0.2, 0.25) is 0 Å². The Morgan fingerprint density at radius 3 is 2.25 bits per heavy atom. The van der Waals surface area contributed by atoms with Gasteiger partial charge in [-0.05, 0) is 42.5 Å². The molecule has 5 heteroatoms. The summed E-state index contributed by atoms with van der Waals surface area (Å²) in [5, 5.41) is 0. The van der Waals surface area contributed by atoms with Crippen LogP contribution in [0.5, 0.6) is 0 Å². The molecule has 1 aromatic carbocycles. The Morgan fingerprint density at radius 2 is 1.75 bits per heavy atom. The second-order valence-electron chi connectivity index (χ2n) is 6.37. The minimum absolute atomic E-state index is 0.188. The Hall–Kier alpha value is -1.59. The molecule has 2 aliphatic rings. The Labute approximate surface area is 140 Å². The van der Waals surface area contributed by atoms with Gasteiger partial charge in [0.25, 0.3) is 0 Å². The van der Waals surface area contributed by atoms with Crippen LogP contribution < -0.4 is 0 Å². The van der Waals surface area contributed by atoms with Crippen molar-refractivity contribution in [1.82, 2.24) is 0 Å². The highest BCUT2D eigenvalue weighted by atomic mass is 19.4. The number of halogens is 3. The molecule has 3 rings (SSSR count). The van der Waals surface area contributed by atoms with E-state index in [1.165, 1.54) is 0 Å². The average molecular weight is 338 g/mol. The molecule has 0 amide bonds. The fraction of sp³-hybridized carbons (Fsp3) is 0.474. The summed E-state index contributed by atoms with van der Waals surface area (Å²) in [4.78, 5) is 0. The second-order valence-corrected chi connectivity index (χ2v) is 6.37. The number of rotatable bonds is 3. The van der Waals surface area contributed by atoms with E-state index in [9.17, 15) is 13.2 Å². The van der Waals surface area contributed by atoms with Crippen molar-refractivity contribution in [2.75, 3.05) is 13.2 Å². The molecular formula is C19H21F3O2.